The fourth-order valence-corrected chi connectivity index (χ4v) is 6.81. The molecular formula is C24H26N2O8S. The second-order valence-electron chi connectivity index (χ2n) is 8.82. The number of benzene rings is 2. The van der Waals surface area contributed by atoms with Gasteiger partial charge in [-0.2, -0.15) is 0 Å². The zero-order valence-electron chi connectivity index (χ0n) is 18.9. The van der Waals surface area contributed by atoms with E-state index in [4.69, 9.17) is 18.9 Å². The van der Waals surface area contributed by atoms with Gasteiger partial charge < -0.3 is 29.6 Å². The maximum Gasteiger partial charge on any atom is 0.224 e. The Balaban J connectivity index is 1.20. The first-order valence-corrected chi connectivity index (χ1v) is 13.3. The number of rotatable bonds is 6. The van der Waals surface area contributed by atoms with Crippen LogP contribution in [0.5, 0.6) is 23.0 Å². The molecule has 0 unspecified atom stereocenters. The number of carbonyl (C=O) groups is 2. The third-order valence-electron chi connectivity index (χ3n) is 6.15. The summed E-state index contributed by atoms with van der Waals surface area (Å²) in [6.07, 6.45) is -0.00865. The first-order valence-electron chi connectivity index (χ1n) is 11.4. The lowest BCUT2D eigenvalue weighted by Gasteiger charge is -2.20. The van der Waals surface area contributed by atoms with E-state index in [1.165, 1.54) is 0 Å². The van der Waals surface area contributed by atoms with Crippen molar-refractivity contribution in [3.63, 3.8) is 0 Å². The smallest absolute Gasteiger partial charge is 0.224 e. The highest BCUT2D eigenvalue weighted by Crippen LogP contribution is 2.35. The molecule has 2 aromatic rings. The van der Waals surface area contributed by atoms with Gasteiger partial charge in [0, 0.05) is 36.3 Å². The predicted octanol–water partition coefficient (Wildman–Crippen LogP) is 2.25. The summed E-state index contributed by atoms with van der Waals surface area (Å²) in [5.74, 6) is 0.527. The lowest BCUT2D eigenvalue weighted by molar-refractivity contribution is -0.119. The van der Waals surface area contributed by atoms with E-state index in [1.54, 1.807) is 36.4 Å². The van der Waals surface area contributed by atoms with Crippen molar-refractivity contribution in [2.75, 3.05) is 48.6 Å². The van der Waals surface area contributed by atoms with E-state index < -0.39 is 21.7 Å². The van der Waals surface area contributed by atoms with E-state index in [2.05, 4.69) is 10.6 Å². The van der Waals surface area contributed by atoms with Crippen LogP contribution < -0.4 is 29.6 Å². The van der Waals surface area contributed by atoms with Crippen LogP contribution in [-0.4, -0.2) is 58.2 Å². The predicted molar refractivity (Wildman–Crippen MR) is 127 cm³/mol. The highest BCUT2D eigenvalue weighted by Gasteiger charge is 2.39. The first-order chi connectivity index (χ1) is 16.8. The number of carbonyl (C=O) groups excluding carboxylic acids is 2. The van der Waals surface area contributed by atoms with Crippen molar-refractivity contribution in [2.24, 2.45) is 11.8 Å². The van der Waals surface area contributed by atoms with Crippen molar-refractivity contribution < 1.29 is 37.0 Å². The van der Waals surface area contributed by atoms with E-state index in [-0.39, 0.29) is 36.2 Å². The van der Waals surface area contributed by atoms with Gasteiger partial charge in [-0.15, -0.1) is 0 Å². The fraction of sp³-hybridized carbons (Fsp3) is 0.417. The maximum absolute atomic E-state index is 12.7. The van der Waals surface area contributed by atoms with Crippen molar-refractivity contribution in [1.29, 1.82) is 0 Å². The van der Waals surface area contributed by atoms with Gasteiger partial charge in [-0.05, 0) is 36.1 Å². The maximum atomic E-state index is 12.7. The Kier molecular flexibility index (Phi) is 6.42. The molecule has 10 nitrogen and oxygen atoms in total. The summed E-state index contributed by atoms with van der Waals surface area (Å²) >= 11 is 0. The monoisotopic (exact) mass is 502 g/mol. The summed E-state index contributed by atoms with van der Waals surface area (Å²) in [5.41, 5.74) is 1.07. The minimum Gasteiger partial charge on any atom is -0.486 e. The van der Waals surface area contributed by atoms with Gasteiger partial charge in [0.2, 0.25) is 11.8 Å². The topological polar surface area (TPSA) is 129 Å². The Morgan fingerprint density at radius 3 is 1.51 bits per heavy atom. The summed E-state index contributed by atoms with van der Waals surface area (Å²) in [6.45, 7) is 1.80. The van der Waals surface area contributed by atoms with E-state index >= 15 is 0 Å². The molecule has 1 fully saturated rings. The SMILES string of the molecule is O=C(C[C@H]1CS(=O)(=O)C[C@@H]1CC(=O)Nc1ccc2c(c1)OCCO2)Nc1ccc2c(c1)OCCO2. The summed E-state index contributed by atoms with van der Waals surface area (Å²) in [5, 5.41) is 5.59. The molecule has 3 aliphatic heterocycles. The zero-order valence-corrected chi connectivity index (χ0v) is 19.8. The summed E-state index contributed by atoms with van der Waals surface area (Å²) in [4.78, 5) is 25.4. The molecule has 0 spiro atoms. The number of amides is 2. The lowest BCUT2D eigenvalue weighted by atomic mass is 9.89. The normalized spacial score (nSPS) is 21.7. The van der Waals surface area contributed by atoms with E-state index in [0.29, 0.717) is 60.8 Å². The number of nitrogens with one attached hydrogen (secondary N) is 2. The average molecular weight is 503 g/mol. The largest absolute Gasteiger partial charge is 0.486 e. The average Bonchev–Trinajstić information content (AvgIpc) is 3.10. The van der Waals surface area contributed by atoms with Crippen molar-refractivity contribution in [3.05, 3.63) is 36.4 Å². The van der Waals surface area contributed by atoms with Crippen LogP contribution in [0.15, 0.2) is 36.4 Å². The Hall–Kier alpha value is -3.47. The molecule has 2 amide bonds. The molecule has 2 aromatic carbocycles. The van der Waals surface area contributed by atoms with Crippen LogP contribution in [0.1, 0.15) is 12.8 Å². The van der Waals surface area contributed by atoms with Gasteiger partial charge >= 0.3 is 0 Å². The Morgan fingerprint density at radius 1 is 0.686 bits per heavy atom. The number of fused-ring (bicyclic) bond motifs is 2. The van der Waals surface area contributed by atoms with Crippen LogP contribution in [0.2, 0.25) is 0 Å². The molecule has 0 aromatic heterocycles. The zero-order chi connectivity index (χ0) is 24.4. The van der Waals surface area contributed by atoms with Crippen LogP contribution in [0.4, 0.5) is 11.4 Å². The molecule has 2 atom stereocenters. The fourth-order valence-electron chi connectivity index (χ4n) is 4.59. The van der Waals surface area contributed by atoms with Gasteiger partial charge in [-0.25, -0.2) is 8.42 Å². The number of ether oxygens (including phenoxy) is 4. The summed E-state index contributed by atoms with van der Waals surface area (Å²) in [6, 6.07) is 10.2. The third-order valence-corrected chi connectivity index (χ3v) is 8.02. The molecule has 0 saturated carbocycles. The van der Waals surface area contributed by atoms with Crippen LogP contribution in [0.25, 0.3) is 0 Å². The minimum atomic E-state index is -3.34. The number of hydrogen-bond donors (Lipinski definition) is 2. The number of sulfone groups is 1. The molecule has 11 heteroatoms. The highest BCUT2D eigenvalue weighted by atomic mass is 32.2. The van der Waals surface area contributed by atoms with Crippen molar-refractivity contribution in [1.82, 2.24) is 0 Å². The molecule has 3 aliphatic rings. The number of hydrogen-bond acceptors (Lipinski definition) is 8. The van der Waals surface area contributed by atoms with Crippen molar-refractivity contribution >= 4 is 33.0 Å². The second kappa shape index (κ2) is 9.65. The summed E-state index contributed by atoms with van der Waals surface area (Å²) in [7, 11) is -3.34. The van der Waals surface area contributed by atoms with Crippen LogP contribution in [-0.2, 0) is 19.4 Å². The lowest BCUT2D eigenvalue weighted by Crippen LogP contribution is -2.25. The second-order valence-corrected chi connectivity index (χ2v) is 11.0. The van der Waals surface area contributed by atoms with Crippen LogP contribution >= 0.6 is 0 Å². The summed E-state index contributed by atoms with van der Waals surface area (Å²) < 4.78 is 46.7. The van der Waals surface area contributed by atoms with Gasteiger partial charge in [-0.1, -0.05) is 0 Å². The molecule has 0 bridgehead atoms. The third kappa shape index (κ3) is 5.61. The first kappa shape index (κ1) is 23.3. The Bertz CT molecular complexity index is 1160. The van der Waals surface area contributed by atoms with Gasteiger partial charge in [-0.3, -0.25) is 9.59 Å². The van der Waals surface area contributed by atoms with Crippen LogP contribution in [0, 0.1) is 11.8 Å². The van der Waals surface area contributed by atoms with Crippen molar-refractivity contribution in [3.8, 4) is 23.0 Å². The van der Waals surface area contributed by atoms with Crippen molar-refractivity contribution in [2.45, 2.75) is 12.8 Å². The molecule has 1 saturated heterocycles. The van der Waals surface area contributed by atoms with Gasteiger partial charge in [0.1, 0.15) is 26.4 Å². The highest BCUT2D eigenvalue weighted by molar-refractivity contribution is 7.91. The molecule has 35 heavy (non-hydrogen) atoms. The molecule has 3 heterocycles. The van der Waals surface area contributed by atoms with Crippen LogP contribution in [0.3, 0.4) is 0 Å². The van der Waals surface area contributed by atoms with Gasteiger partial charge in [0.25, 0.3) is 0 Å². The molecule has 0 aliphatic carbocycles. The molecule has 186 valence electrons. The van der Waals surface area contributed by atoms with Gasteiger partial charge in [0.15, 0.2) is 32.8 Å². The van der Waals surface area contributed by atoms with E-state index in [1.807, 2.05) is 0 Å². The Labute approximate surface area is 202 Å². The quantitative estimate of drug-likeness (QED) is 0.615. The Morgan fingerprint density at radius 2 is 1.09 bits per heavy atom. The minimum absolute atomic E-state index is 0.00432. The molecule has 2 N–H and O–H groups in total. The van der Waals surface area contributed by atoms with E-state index in [0.717, 1.165) is 0 Å². The standard InChI is InChI=1S/C24H26N2O8S/c27-23(25-17-1-3-19-21(11-17)33-7-5-31-19)9-15-13-35(29,30)14-16(15)10-24(28)26-18-2-4-20-22(12-18)34-8-6-32-20/h1-4,11-12,15-16H,5-10,13-14H2,(H,25,27)(H,26,28)/t15-,16-/m0/s1. The molecule has 5 rings (SSSR count). The molecular weight excluding hydrogens is 476 g/mol. The van der Waals surface area contributed by atoms with E-state index in [9.17, 15) is 18.0 Å². The van der Waals surface area contributed by atoms with Gasteiger partial charge in [0.05, 0.1) is 11.5 Å². The molecule has 0 radical (unpaired) electrons. The number of anilines is 2.